The maximum absolute atomic E-state index is 5.44. The van der Waals surface area contributed by atoms with Crippen molar-refractivity contribution in [1.29, 1.82) is 0 Å². The summed E-state index contributed by atoms with van der Waals surface area (Å²) in [5.41, 5.74) is 4.16. The molecule has 0 saturated heterocycles. The van der Waals surface area contributed by atoms with Crippen LogP contribution in [0.15, 0.2) is 29.8 Å². The molecule has 0 radical (unpaired) electrons. The lowest BCUT2D eigenvalue weighted by Gasteiger charge is -2.09. The van der Waals surface area contributed by atoms with Gasteiger partial charge in [0.15, 0.2) is 0 Å². The Hall–Kier alpha value is -1.46. The number of benzene rings is 1. The van der Waals surface area contributed by atoms with Crippen molar-refractivity contribution in [1.82, 2.24) is 10.2 Å². The summed E-state index contributed by atoms with van der Waals surface area (Å²) in [7, 11) is 0. The molecule has 2 rings (SSSR count). The minimum Gasteiger partial charge on any atom is -0.377 e. The highest BCUT2D eigenvalue weighted by Gasteiger charge is 2.02. The first-order valence-electron chi connectivity index (χ1n) is 5.54. The van der Waals surface area contributed by atoms with Crippen LogP contribution in [0.5, 0.6) is 0 Å². The van der Waals surface area contributed by atoms with Crippen molar-refractivity contribution in [3.63, 3.8) is 0 Å². The van der Waals surface area contributed by atoms with Gasteiger partial charge in [-0.2, -0.15) is 0 Å². The van der Waals surface area contributed by atoms with Crippen molar-refractivity contribution in [2.24, 2.45) is 0 Å². The van der Waals surface area contributed by atoms with Crippen molar-refractivity contribution in [2.45, 2.75) is 20.1 Å². The Labute approximate surface area is 105 Å². The highest BCUT2D eigenvalue weighted by atomic mass is 32.1. The average molecular weight is 249 g/mol. The van der Waals surface area contributed by atoms with Crippen molar-refractivity contribution >= 4 is 16.5 Å². The van der Waals surface area contributed by atoms with Crippen LogP contribution in [0.3, 0.4) is 0 Å². The minimum atomic E-state index is 0.657. The fourth-order valence-electron chi connectivity index (χ4n) is 1.50. The van der Waals surface area contributed by atoms with Crippen LogP contribution in [0.25, 0.3) is 0 Å². The van der Waals surface area contributed by atoms with E-state index in [2.05, 4.69) is 27.6 Å². The van der Waals surface area contributed by atoms with E-state index in [0.717, 1.165) is 18.3 Å². The molecule has 0 aliphatic heterocycles. The second-order valence-electron chi connectivity index (χ2n) is 3.50. The molecule has 2 aromatic rings. The van der Waals surface area contributed by atoms with Crippen molar-refractivity contribution in [2.75, 3.05) is 11.9 Å². The molecule has 1 aromatic carbocycles. The molecule has 0 unspecified atom stereocenters. The Bertz CT molecular complexity index is 445. The van der Waals surface area contributed by atoms with Gasteiger partial charge in [0.05, 0.1) is 6.61 Å². The van der Waals surface area contributed by atoms with Crippen LogP contribution < -0.4 is 5.32 Å². The first-order chi connectivity index (χ1) is 8.40. The number of nitrogens with one attached hydrogen (secondary N) is 1. The molecule has 1 aromatic heterocycles. The summed E-state index contributed by atoms with van der Waals surface area (Å²) >= 11 is 1.50. The second kappa shape index (κ2) is 6.32. The van der Waals surface area contributed by atoms with Crippen molar-refractivity contribution < 1.29 is 4.74 Å². The highest BCUT2D eigenvalue weighted by Crippen LogP contribution is 2.14. The fraction of sp³-hybridized carbons (Fsp3) is 0.333. The van der Waals surface area contributed by atoms with Gasteiger partial charge in [-0.25, -0.2) is 0 Å². The Balaban J connectivity index is 1.99. The summed E-state index contributed by atoms with van der Waals surface area (Å²) in [6.45, 7) is 4.14. The maximum Gasteiger partial charge on any atom is 0.205 e. The first-order valence-corrected chi connectivity index (χ1v) is 6.42. The number of anilines is 1. The van der Waals surface area contributed by atoms with Gasteiger partial charge in [-0.15, -0.1) is 10.2 Å². The van der Waals surface area contributed by atoms with E-state index < -0.39 is 0 Å². The van der Waals surface area contributed by atoms with E-state index in [1.165, 1.54) is 22.5 Å². The van der Waals surface area contributed by atoms with Gasteiger partial charge >= 0.3 is 0 Å². The van der Waals surface area contributed by atoms with Gasteiger partial charge in [-0.05, 0) is 18.1 Å². The third-order valence-corrected chi connectivity index (χ3v) is 3.02. The Morgan fingerprint density at radius 2 is 2.12 bits per heavy atom. The normalized spacial score (nSPS) is 10.4. The largest absolute Gasteiger partial charge is 0.377 e. The molecule has 0 saturated carbocycles. The molecular weight excluding hydrogens is 234 g/mol. The zero-order chi connectivity index (χ0) is 11.9. The summed E-state index contributed by atoms with van der Waals surface area (Å²) in [5, 5.41) is 11.8. The zero-order valence-electron chi connectivity index (χ0n) is 9.72. The standard InChI is InChI=1S/C12H15N3OS/c1-2-16-8-11-6-4-3-5-10(11)7-13-12-15-14-9-17-12/h3-6,9H,2,7-8H2,1H3,(H,13,15). The van der Waals surface area contributed by atoms with Crippen LogP contribution >= 0.6 is 11.3 Å². The number of nitrogens with zero attached hydrogens (tertiary/aromatic N) is 2. The van der Waals surface area contributed by atoms with Gasteiger partial charge in [0.1, 0.15) is 5.51 Å². The summed E-state index contributed by atoms with van der Waals surface area (Å²) in [6.07, 6.45) is 0. The third-order valence-electron chi connectivity index (χ3n) is 2.37. The van der Waals surface area contributed by atoms with E-state index in [9.17, 15) is 0 Å². The Kier molecular flexibility index (Phi) is 4.46. The minimum absolute atomic E-state index is 0.657. The molecule has 0 spiro atoms. The molecule has 0 atom stereocenters. The lowest BCUT2D eigenvalue weighted by Crippen LogP contribution is -2.04. The Morgan fingerprint density at radius 3 is 2.82 bits per heavy atom. The van der Waals surface area contributed by atoms with Crippen LogP contribution in [0, 0.1) is 0 Å². The van der Waals surface area contributed by atoms with E-state index in [-0.39, 0.29) is 0 Å². The maximum atomic E-state index is 5.44. The van der Waals surface area contributed by atoms with Crippen LogP contribution in [-0.2, 0) is 17.9 Å². The number of rotatable bonds is 6. The summed E-state index contributed by atoms with van der Waals surface area (Å²) < 4.78 is 5.44. The third kappa shape index (κ3) is 3.51. The molecule has 0 aliphatic carbocycles. The van der Waals surface area contributed by atoms with Gasteiger partial charge in [-0.1, -0.05) is 35.6 Å². The van der Waals surface area contributed by atoms with E-state index in [1.807, 2.05) is 19.1 Å². The lowest BCUT2D eigenvalue weighted by molar-refractivity contribution is 0.133. The summed E-state index contributed by atoms with van der Waals surface area (Å²) in [5.74, 6) is 0. The van der Waals surface area contributed by atoms with E-state index in [0.29, 0.717) is 6.61 Å². The van der Waals surface area contributed by atoms with Crippen LogP contribution in [0.4, 0.5) is 5.13 Å². The van der Waals surface area contributed by atoms with Gasteiger partial charge in [0.25, 0.3) is 0 Å². The highest BCUT2D eigenvalue weighted by molar-refractivity contribution is 7.13. The van der Waals surface area contributed by atoms with Crippen LogP contribution in [-0.4, -0.2) is 16.8 Å². The van der Waals surface area contributed by atoms with Crippen LogP contribution in [0.1, 0.15) is 18.1 Å². The molecule has 0 aliphatic rings. The molecule has 4 nitrogen and oxygen atoms in total. The predicted molar refractivity (Wildman–Crippen MR) is 69.0 cm³/mol. The van der Waals surface area contributed by atoms with Crippen molar-refractivity contribution in [3.8, 4) is 0 Å². The molecule has 0 bridgehead atoms. The van der Waals surface area contributed by atoms with Gasteiger partial charge in [0.2, 0.25) is 5.13 Å². The Morgan fingerprint density at radius 1 is 1.29 bits per heavy atom. The lowest BCUT2D eigenvalue weighted by atomic mass is 10.1. The van der Waals surface area contributed by atoms with Gasteiger partial charge in [0, 0.05) is 13.2 Å². The van der Waals surface area contributed by atoms with Crippen LogP contribution in [0.2, 0.25) is 0 Å². The van der Waals surface area contributed by atoms with Crippen molar-refractivity contribution in [3.05, 3.63) is 40.9 Å². The topological polar surface area (TPSA) is 47.0 Å². The number of ether oxygens (including phenoxy) is 1. The summed E-state index contributed by atoms with van der Waals surface area (Å²) in [4.78, 5) is 0. The predicted octanol–water partition coefficient (Wildman–Crippen LogP) is 2.69. The van der Waals surface area contributed by atoms with E-state index >= 15 is 0 Å². The molecule has 0 amide bonds. The molecule has 1 heterocycles. The molecule has 17 heavy (non-hydrogen) atoms. The van der Waals surface area contributed by atoms with Gasteiger partial charge < -0.3 is 10.1 Å². The second-order valence-corrected chi connectivity index (χ2v) is 4.34. The molecular formula is C12H15N3OS. The SMILES string of the molecule is CCOCc1ccccc1CNc1nncs1. The number of hydrogen-bond donors (Lipinski definition) is 1. The van der Waals surface area contributed by atoms with Gasteiger partial charge in [-0.3, -0.25) is 0 Å². The molecule has 0 fully saturated rings. The van der Waals surface area contributed by atoms with E-state index in [4.69, 9.17) is 4.74 Å². The number of aromatic nitrogens is 2. The number of hydrogen-bond acceptors (Lipinski definition) is 5. The monoisotopic (exact) mass is 249 g/mol. The zero-order valence-corrected chi connectivity index (χ0v) is 10.5. The summed E-state index contributed by atoms with van der Waals surface area (Å²) in [6, 6.07) is 8.25. The molecule has 90 valence electrons. The molecule has 1 N–H and O–H groups in total. The van der Waals surface area contributed by atoms with E-state index in [1.54, 1.807) is 5.51 Å². The smallest absolute Gasteiger partial charge is 0.205 e. The quantitative estimate of drug-likeness (QED) is 0.855. The average Bonchev–Trinajstić information content (AvgIpc) is 2.88. The fourth-order valence-corrected chi connectivity index (χ4v) is 1.95. The molecule has 5 heteroatoms. The first kappa shape index (κ1) is 12.0.